The number of halogens is 2. The minimum Gasteiger partial charge on any atom is -0.308 e. The van der Waals surface area contributed by atoms with Gasteiger partial charge in [0, 0.05) is 34.9 Å². The van der Waals surface area contributed by atoms with E-state index in [2.05, 4.69) is 10.2 Å². The summed E-state index contributed by atoms with van der Waals surface area (Å²) in [6.07, 6.45) is 4.63. The highest BCUT2D eigenvalue weighted by Crippen LogP contribution is 2.48. The lowest BCUT2D eigenvalue weighted by atomic mass is 9.74. The van der Waals surface area contributed by atoms with Crippen molar-refractivity contribution in [1.29, 1.82) is 0 Å². The van der Waals surface area contributed by atoms with Crippen LogP contribution in [0.25, 0.3) is 0 Å². The Morgan fingerprint density at radius 2 is 1.86 bits per heavy atom. The second-order valence-corrected chi connectivity index (χ2v) is 9.15. The van der Waals surface area contributed by atoms with Crippen LogP contribution >= 0.6 is 11.6 Å². The average molecular weight is 414 g/mol. The zero-order valence-electron chi connectivity index (χ0n) is 16.3. The number of fused-ring (bicyclic) bond motifs is 2. The maximum atomic E-state index is 14.1. The zero-order chi connectivity index (χ0) is 20.0. The molecule has 0 aromatic heterocycles. The third-order valence-electron chi connectivity index (χ3n) is 6.65. The minimum atomic E-state index is -0.233. The van der Waals surface area contributed by atoms with Crippen molar-refractivity contribution in [3.63, 3.8) is 0 Å². The van der Waals surface area contributed by atoms with Crippen LogP contribution in [0.1, 0.15) is 31.2 Å². The molecule has 2 aromatic carbocycles. The van der Waals surface area contributed by atoms with Gasteiger partial charge in [-0.2, -0.15) is 0 Å². The fourth-order valence-electron chi connectivity index (χ4n) is 4.80. The highest BCUT2D eigenvalue weighted by atomic mass is 35.5. The van der Waals surface area contributed by atoms with E-state index in [9.17, 15) is 9.18 Å². The molecule has 0 unspecified atom stereocenters. The first-order valence-corrected chi connectivity index (χ1v) is 10.8. The van der Waals surface area contributed by atoms with Crippen molar-refractivity contribution in [1.82, 2.24) is 4.90 Å². The van der Waals surface area contributed by atoms with E-state index in [0.29, 0.717) is 17.3 Å². The van der Waals surface area contributed by atoms with Crippen LogP contribution in [0.3, 0.4) is 0 Å². The average Bonchev–Trinajstić information content (AvgIpc) is 3.48. The van der Waals surface area contributed by atoms with E-state index in [1.165, 1.54) is 25.5 Å². The Kier molecular flexibility index (Phi) is 4.75. The number of likely N-dealkylation sites (tertiary alicyclic amines) is 1. The Morgan fingerprint density at radius 3 is 2.55 bits per heavy atom. The number of urea groups is 1. The number of benzene rings is 2. The van der Waals surface area contributed by atoms with Crippen molar-refractivity contribution in [2.45, 2.75) is 31.1 Å². The molecular formula is C23H25ClFN3O. The van der Waals surface area contributed by atoms with Crippen molar-refractivity contribution in [3.05, 3.63) is 58.9 Å². The van der Waals surface area contributed by atoms with Gasteiger partial charge in [-0.1, -0.05) is 11.6 Å². The lowest BCUT2D eigenvalue weighted by Gasteiger charge is -2.40. The number of nitrogens with one attached hydrogen (secondary N) is 1. The van der Waals surface area contributed by atoms with Gasteiger partial charge in [-0.25, -0.2) is 9.18 Å². The molecule has 4 nitrogen and oxygen atoms in total. The van der Waals surface area contributed by atoms with Gasteiger partial charge in [-0.05, 0) is 92.7 Å². The molecule has 2 aromatic rings. The SMILES string of the molecule is O=C(Nc1ccc(Cl)cc1)N1CC2(CCN(CC3CC3)CC2)c2cc(F)ccc21. The van der Waals surface area contributed by atoms with Crippen molar-refractivity contribution in [2.75, 3.05) is 36.4 Å². The van der Waals surface area contributed by atoms with Gasteiger partial charge in [-0.15, -0.1) is 0 Å². The van der Waals surface area contributed by atoms with E-state index in [-0.39, 0.29) is 17.3 Å². The summed E-state index contributed by atoms with van der Waals surface area (Å²) in [4.78, 5) is 17.4. The summed E-state index contributed by atoms with van der Waals surface area (Å²) in [6.45, 7) is 3.81. The van der Waals surface area contributed by atoms with Crippen LogP contribution in [-0.2, 0) is 5.41 Å². The van der Waals surface area contributed by atoms with Crippen molar-refractivity contribution in [2.24, 2.45) is 5.92 Å². The van der Waals surface area contributed by atoms with E-state index in [4.69, 9.17) is 11.6 Å². The second-order valence-electron chi connectivity index (χ2n) is 8.71. The molecule has 0 radical (unpaired) electrons. The molecule has 0 bridgehead atoms. The Labute approximate surface area is 175 Å². The Bertz CT molecular complexity index is 920. The molecule has 2 aliphatic heterocycles. The number of rotatable bonds is 3. The molecular weight excluding hydrogens is 389 g/mol. The molecule has 5 rings (SSSR count). The van der Waals surface area contributed by atoms with Crippen LogP contribution in [0.15, 0.2) is 42.5 Å². The van der Waals surface area contributed by atoms with E-state index < -0.39 is 0 Å². The summed E-state index contributed by atoms with van der Waals surface area (Å²) in [5.41, 5.74) is 2.35. The van der Waals surface area contributed by atoms with Gasteiger partial charge in [0.2, 0.25) is 0 Å². The molecule has 1 saturated heterocycles. The molecule has 6 heteroatoms. The summed E-state index contributed by atoms with van der Waals surface area (Å²) >= 11 is 5.94. The van der Waals surface area contributed by atoms with Crippen LogP contribution < -0.4 is 10.2 Å². The number of piperidine rings is 1. The minimum absolute atomic E-state index is 0.158. The predicted octanol–water partition coefficient (Wildman–Crippen LogP) is 5.27. The summed E-state index contributed by atoms with van der Waals surface area (Å²) in [6, 6.07) is 11.7. The molecule has 2 amide bonds. The summed E-state index contributed by atoms with van der Waals surface area (Å²) in [5.74, 6) is 0.641. The van der Waals surface area contributed by atoms with Gasteiger partial charge in [0.1, 0.15) is 5.82 Å². The van der Waals surface area contributed by atoms with Crippen molar-refractivity contribution >= 4 is 29.0 Å². The third-order valence-corrected chi connectivity index (χ3v) is 6.90. The number of carbonyl (C=O) groups excluding carboxylic acids is 1. The molecule has 1 N–H and O–H groups in total. The van der Waals surface area contributed by atoms with Gasteiger partial charge < -0.3 is 10.2 Å². The molecule has 0 atom stereocenters. The topological polar surface area (TPSA) is 35.6 Å². The zero-order valence-corrected chi connectivity index (χ0v) is 17.1. The first kappa shape index (κ1) is 18.9. The highest BCUT2D eigenvalue weighted by molar-refractivity contribution is 6.30. The fourth-order valence-corrected chi connectivity index (χ4v) is 4.93. The molecule has 1 spiro atoms. The highest BCUT2D eigenvalue weighted by Gasteiger charge is 2.47. The van der Waals surface area contributed by atoms with Crippen LogP contribution in [0.5, 0.6) is 0 Å². The van der Waals surface area contributed by atoms with Gasteiger partial charge in [0.05, 0.1) is 0 Å². The van der Waals surface area contributed by atoms with Crippen molar-refractivity contribution in [3.8, 4) is 0 Å². The number of carbonyl (C=O) groups is 1. The van der Waals surface area contributed by atoms with E-state index in [1.54, 1.807) is 41.3 Å². The number of hydrogen-bond acceptors (Lipinski definition) is 2. The molecule has 1 saturated carbocycles. The smallest absolute Gasteiger partial charge is 0.308 e. The van der Waals surface area contributed by atoms with Crippen LogP contribution in [-0.4, -0.2) is 37.1 Å². The monoisotopic (exact) mass is 413 g/mol. The molecule has 2 heterocycles. The summed E-state index contributed by atoms with van der Waals surface area (Å²) < 4.78 is 14.1. The van der Waals surface area contributed by atoms with E-state index in [1.807, 2.05) is 0 Å². The molecule has 152 valence electrons. The standard InChI is InChI=1S/C23H25ClFN3O/c24-17-3-6-19(7-4-17)26-22(29)28-15-23(20-13-18(25)5-8-21(20)28)9-11-27(12-10-23)14-16-1-2-16/h3-8,13,16H,1-2,9-12,14-15H2,(H,26,29). The molecule has 29 heavy (non-hydrogen) atoms. The van der Waals surface area contributed by atoms with E-state index in [0.717, 1.165) is 43.1 Å². The first-order valence-electron chi connectivity index (χ1n) is 10.4. The molecule has 2 fully saturated rings. The summed E-state index contributed by atoms with van der Waals surface area (Å²) in [5, 5.41) is 3.58. The van der Waals surface area contributed by atoms with Gasteiger partial charge in [0.25, 0.3) is 0 Å². The predicted molar refractivity (Wildman–Crippen MR) is 114 cm³/mol. The number of amides is 2. The normalized spacial score (nSPS) is 20.7. The van der Waals surface area contributed by atoms with Crippen LogP contribution in [0.4, 0.5) is 20.6 Å². The molecule has 1 aliphatic carbocycles. The summed E-state index contributed by atoms with van der Waals surface area (Å²) in [7, 11) is 0. The van der Waals surface area contributed by atoms with Crippen LogP contribution in [0.2, 0.25) is 5.02 Å². The largest absolute Gasteiger partial charge is 0.326 e. The maximum absolute atomic E-state index is 14.1. The van der Waals surface area contributed by atoms with Crippen molar-refractivity contribution < 1.29 is 9.18 Å². The Hall–Kier alpha value is -2.11. The third kappa shape index (κ3) is 3.74. The van der Waals surface area contributed by atoms with Gasteiger partial charge in [0.15, 0.2) is 0 Å². The van der Waals surface area contributed by atoms with Crippen LogP contribution in [0, 0.1) is 11.7 Å². The number of hydrogen-bond donors (Lipinski definition) is 1. The van der Waals surface area contributed by atoms with Gasteiger partial charge >= 0.3 is 6.03 Å². The fraction of sp³-hybridized carbons (Fsp3) is 0.435. The lowest BCUT2D eigenvalue weighted by Crippen LogP contribution is -2.47. The number of anilines is 2. The number of nitrogens with zero attached hydrogens (tertiary/aromatic N) is 2. The van der Waals surface area contributed by atoms with Gasteiger partial charge in [-0.3, -0.25) is 4.90 Å². The lowest BCUT2D eigenvalue weighted by molar-refractivity contribution is 0.161. The first-order chi connectivity index (χ1) is 14.0. The maximum Gasteiger partial charge on any atom is 0.326 e. The Morgan fingerprint density at radius 1 is 1.14 bits per heavy atom. The van der Waals surface area contributed by atoms with E-state index >= 15 is 0 Å². The molecule has 3 aliphatic rings. The quantitative estimate of drug-likeness (QED) is 0.743. The Balaban J connectivity index is 1.37. The second kappa shape index (κ2) is 7.29.